The van der Waals surface area contributed by atoms with Gasteiger partial charge in [0.2, 0.25) is 0 Å². The summed E-state index contributed by atoms with van der Waals surface area (Å²) < 4.78 is 0.748. The number of hydrogen-bond acceptors (Lipinski definition) is 2. The number of nitrogens with zero attached hydrogens (tertiary/aromatic N) is 1. The smallest absolute Gasteiger partial charge is 0.255 e. The standard InChI is InChI=1S/C11H13BrClNOS/c1-14(6-7-16-2)11(15)8-4-3-5-9(12)10(8)13/h3-5H,6-7H2,1-2H3. The number of thioether (sulfide) groups is 1. The number of carbonyl (C=O) groups is 1. The number of carbonyl (C=O) groups excluding carboxylic acids is 1. The highest BCUT2D eigenvalue weighted by atomic mass is 79.9. The number of amides is 1. The Bertz CT molecular complexity index is 386. The van der Waals surface area contributed by atoms with Crippen LogP contribution in [0.4, 0.5) is 0 Å². The number of rotatable bonds is 4. The van der Waals surface area contributed by atoms with Gasteiger partial charge in [-0.2, -0.15) is 11.8 Å². The highest BCUT2D eigenvalue weighted by Gasteiger charge is 2.15. The van der Waals surface area contributed by atoms with Gasteiger partial charge in [-0.25, -0.2) is 0 Å². The molecule has 2 nitrogen and oxygen atoms in total. The van der Waals surface area contributed by atoms with Crippen LogP contribution in [0.15, 0.2) is 22.7 Å². The molecule has 88 valence electrons. The van der Waals surface area contributed by atoms with E-state index < -0.39 is 0 Å². The quantitative estimate of drug-likeness (QED) is 0.845. The van der Waals surface area contributed by atoms with E-state index in [4.69, 9.17) is 11.6 Å². The normalized spacial score (nSPS) is 10.2. The van der Waals surface area contributed by atoms with Crippen LogP contribution in [0.25, 0.3) is 0 Å². The molecular weight excluding hydrogens is 310 g/mol. The summed E-state index contributed by atoms with van der Waals surface area (Å²) in [4.78, 5) is 13.7. The van der Waals surface area contributed by atoms with Gasteiger partial charge in [-0.05, 0) is 34.3 Å². The summed E-state index contributed by atoms with van der Waals surface area (Å²) in [6.07, 6.45) is 2.02. The van der Waals surface area contributed by atoms with Crippen molar-refractivity contribution < 1.29 is 4.79 Å². The van der Waals surface area contributed by atoms with Crippen molar-refractivity contribution in [2.45, 2.75) is 0 Å². The largest absolute Gasteiger partial charge is 0.341 e. The second-order valence-corrected chi connectivity index (χ2v) is 5.54. The van der Waals surface area contributed by atoms with Crippen LogP contribution in [-0.4, -0.2) is 36.4 Å². The maximum Gasteiger partial charge on any atom is 0.255 e. The lowest BCUT2D eigenvalue weighted by atomic mass is 10.2. The molecule has 0 aromatic heterocycles. The zero-order valence-corrected chi connectivity index (χ0v) is 12.3. The van der Waals surface area contributed by atoms with E-state index in [0.29, 0.717) is 10.6 Å². The molecule has 0 saturated heterocycles. The van der Waals surface area contributed by atoms with Crippen LogP contribution in [-0.2, 0) is 0 Å². The Morgan fingerprint density at radius 3 is 2.88 bits per heavy atom. The first-order chi connectivity index (χ1) is 7.57. The Labute approximate surface area is 113 Å². The fraction of sp³-hybridized carbons (Fsp3) is 0.364. The Morgan fingerprint density at radius 1 is 1.56 bits per heavy atom. The summed E-state index contributed by atoms with van der Waals surface area (Å²) in [6.45, 7) is 0.725. The minimum atomic E-state index is -0.0413. The van der Waals surface area contributed by atoms with Crippen LogP contribution in [0.3, 0.4) is 0 Å². The fourth-order valence-electron chi connectivity index (χ4n) is 1.20. The highest BCUT2D eigenvalue weighted by Crippen LogP contribution is 2.26. The summed E-state index contributed by atoms with van der Waals surface area (Å²) in [6, 6.07) is 5.37. The Kier molecular flexibility index (Phi) is 5.66. The third-order valence-electron chi connectivity index (χ3n) is 2.16. The van der Waals surface area contributed by atoms with Crippen molar-refractivity contribution in [2.75, 3.05) is 25.6 Å². The van der Waals surface area contributed by atoms with Crippen molar-refractivity contribution in [3.63, 3.8) is 0 Å². The molecule has 1 aromatic carbocycles. The average Bonchev–Trinajstić information content (AvgIpc) is 2.28. The van der Waals surface area contributed by atoms with Gasteiger partial charge in [0.05, 0.1) is 10.6 Å². The molecule has 5 heteroatoms. The van der Waals surface area contributed by atoms with E-state index in [-0.39, 0.29) is 5.91 Å². The van der Waals surface area contributed by atoms with Crippen molar-refractivity contribution in [1.82, 2.24) is 4.90 Å². The molecule has 0 aliphatic carbocycles. The van der Waals surface area contributed by atoms with E-state index in [9.17, 15) is 4.79 Å². The Hall–Kier alpha value is -0.190. The molecule has 0 unspecified atom stereocenters. The summed E-state index contributed by atoms with van der Waals surface area (Å²) in [7, 11) is 1.79. The highest BCUT2D eigenvalue weighted by molar-refractivity contribution is 9.10. The van der Waals surface area contributed by atoms with Gasteiger partial charge >= 0.3 is 0 Å². The van der Waals surface area contributed by atoms with Gasteiger partial charge in [-0.15, -0.1) is 0 Å². The summed E-state index contributed by atoms with van der Waals surface area (Å²) in [5, 5.41) is 0.475. The maximum atomic E-state index is 12.0. The van der Waals surface area contributed by atoms with Crippen LogP contribution in [0.5, 0.6) is 0 Å². The van der Waals surface area contributed by atoms with Crippen LogP contribution >= 0.6 is 39.3 Å². The van der Waals surface area contributed by atoms with Gasteiger partial charge in [0.25, 0.3) is 5.91 Å². The predicted molar refractivity (Wildman–Crippen MR) is 74.5 cm³/mol. The lowest BCUT2D eigenvalue weighted by molar-refractivity contribution is 0.0804. The third kappa shape index (κ3) is 3.40. The monoisotopic (exact) mass is 321 g/mol. The summed E-state index contributed by atoms with van der Waals surface area (Å²) >= 11 is 11.1. The number of benzene rings is 1. The van der Waals surface area contributed by atoms with Crippen LogP contribution in [0.1, 0.15) is 10.4 Å². The van der Waals surface area contributed by atoms with E-state index in [1.165, 1.54) is 0 Å². The van der Waals surface area contributed by atoms with Gasteiger partial charge in [0.15, 0.2) is 0 Å². The second-order valence-electron chi connectivity index (χ2n) is 3.32. The molecule has 1 aromatic rings. The first-order valence-corrected chi connectivity index (χ1v) is 7.32. The van der Waals surface area contributed by atoms with Gasteiger partial charge in [0.1, 0.15) is 0 Å². The Morgan fingerprint density at radius 2 is 2.25 bits per heavy atom. The molecule has 0 bridgehead atoms. The van der Waals surface area contributed by atoms with Gasteiger partial charge in [-0.1, -0.05) is 17.7 Å². The molecule has 16 heavy (non-hydrogen) atoms. The van der Waals surface area contributed by atoms with E-state index in [0.717, 1.165) is 16.8 Å². The molecule has 0 fully saturated rings. The summed E-state index contributed by atoms with van der Waals surface area (Å²) in [5.41, 5.74) is 0.541. The van der Waals surface area contributed by atoms with E-state index in [1.54, 1.807) is 29.8 Å². The van der Waals surface area contributed by atoms with E-state index in [2.05, 4.69) is 15.9 Å². The van der Waals surface area contributed by atoms with Crippen molar-refractivity contribution in [2.24, 2.45) is 0 Å². The topological polar surface area (TPSA) is 20.3 Å². The molecule has 0 aliphatic heterocycles. The van der Waals surface area contributed by atoms with Crippen molar-refractivity contribution >= 4 is 45.2 Å². The molecule has 0 atom stereocenters. The zero-order valence-electron chi connectivity index (χ0n) is 9.17. The van der Waals surface area contributed by atoms with Crippen LogP contribution in [0.2, 0.25) is 5.02 Å². The van der Waals surface area contributed by atoms with E-state index in [1.807, 2.05) is 18.4 Å². The van der Waals surface area contributed by atoms with Crippen molar-refractivity contribution in [3.8, 4) is 0 Å². The SMILES string of the molecule is CSCCN(C)C(=O)c1cccc(Br)c1Cl. The molecular formula is C11H13BrClNOS. The van der Waals surface area contributed by atoms with Crippen molar-refractivity contribution in [3.05, 3.63) is 33.3 Å². The molecule has 0 saturated carbocycles. The maximum absolute atomic E-state index is 12.0. The predicted octanol–water partition coefficient (Wildman–Crippen LogP) is 3.54. The Balaban J connectivity index is 2.84. The zero-order chi connectivity index (χ0) is 12.1. The van der Waals surface area contributed by atoms with Gasteiger partial charge in [-0.3, -0.25) is 4.79 Å². The fourth-order valence-corrected chi connectivity index (χ4v) is 2.23. The molecule has 0 heterocycles. The molecule has 0 spiro atoms. The minimum Gasteiger partial charge on any atom is -0.341 e. The van der Waals surface area contributed by atoms with Crippen molar-refractivity contribution in [1.29, 1.82) is 0 Å². The average molecular weight is 323 g/mol. The lowest BCUT2D eigenvalue weighted by Crippen LogP contribution is -2.29. The van der Waals surface area contributed by atoms with Gasteiger partial charge in [0, 0.05) is 23.8 Å². The summed E-state index contributed by atoms with van der Waals surface area (Å²) in [5.74, 6) is 0.883. The first-order valence-electron chi connectivity index (χ1n) is 4.76. The lowest BCUT2D eigenvalue weighted by Gasteiger charge is -2.17. The molecule has 0 aliphatic rings. The van der Waals surface area contributed by atoms with Gasteiger partial charge < -0.3 is 4.90 Å². The number of halogens is 2. The second kappa shape index (κ2) is 6.52. The first kappa shape index (κ1) is 13.9. The molecule has 1 amide bonds. The molecule has 1 rings (SSSR count). The minimum absolute atomic E-state index is 0.0413. The third-order valence-corrected chi connectivity index (χ3v) is 4.05. The molecule has 0 N–H and O–H groups in total. The molecule has 0 radical (unpaired) electrons. The number of hydrogen-bond donors (Lipinski definition) is 0. The van der Waals surface area contributed by atoms with Crippen LogP contribution in [0, 0.1) is 0 Å². The van der Waals surface area contributed by atoms with E-state index >= 15 is 0 Å². The van der Waals surface area contributed by atoms with Crippen LogP contribution < -0.4 is 0 Å².